The van der Waals surface area contributed by atoms with Crippen LogP contribution in [-0.4, -0.2) is 67.1 Å². The van der Waals surface area contributed by atoms with Gasteiger partial charge in [-0.05, 0) is 25.0 Å². The Bertz CT molecular complexity index is 837. The second-order valence-electron chi connectivity index (χ2n) is 8.69. The van der Waals surface area contributed by atoms with E-state index in [9.17, 15) is 19.4 Å². The highest BCUT2D eigenvalue weighted by Gasteiger charge is 2.34. The number of nitrogens with zero attached hydrogens (tertiary/aromatic N) is 1. The highest BCUT2D eigenvalue weighted by atomic mass is 35.5. The number of likely N-dealkylation sites (N-methyl/N-ethyl adjacent to an activating group) is 1. The van der Waals surface area contributed by atoms with Crippen molar-refractivity contribution >= 4 is 48.6 Å². The first-order chi connectivity index (χ1) is 15.7. The number of quaternary nitrogens is 1. The molecule has 0 spiro atoms. The topological polar surface area (TPSA) is 125 Å². The molecule has 0 aromatic heterocycles. The fourth-order valence-electron chi connectivity index (χ4n) is 2.96. The van der Waals surface area contributed by atoms with Crippen molar-refractivity contribution in [2.75, 3.05) is 34.4 Å². The van der Waals surface area contributed by atoms with Gasteiger partial charge in [0.1, 0.15) is 16.9 Å². The van der Waals surface area contributed by atoms with Gasteiger partial charge in [0.15, 0.2) is 0 Å². The summed E-state index contributed by atoms with van der Waals surface area (Å²) in [6, 6.07) is 3.29. The lowest BCUT2D eigenvalue weighted by molar-refractivity contribution is -0.973. The number of carbonyl (C=O) groups is 1. The Morgan fingerprint density at radius 1 is 1.03 bits per heavy atom. The van der Waals surface area contributed by atoms with E-state index in [4.69, 9.17) is 53.7 Å². The summed E-state index contributed by atoms with van der Waals surface area (Å²) in [5.74, 6) is -0.816. The third kappa shape index (κ3) is 11.9. The highest BCUT2D eigenvalue weighted by molar-refractivity contribution is 7.47. The Morgan fingerprint density at radius 2 is 1.59 bits per heavy atom. The molecular weight excluding hydrogens is 532 g/mol. The zero-order valence-corrected chi connectivity index (χ0v) is 22.7. The van der Waals surface area contributed by atoms with Crippen molar-refractivity contribution in [3.8, 4) is 5.75 Å². The lowest BCUT2D eigenvalue weighted by atomic mass is 10.1. The molecule has 0 saturated carbocycles. The summed E-state index contributed by atoms with van der Waals surface area (Å²) in [6.45, 7) is 0.442. The molecule has 9 nitrogen and oxygen atoms in total. The van der Waals surface area contributed by atoms with E-state index in [1.165, 1.54) is 0 Å². The maximum Gasteiger partial charge on any atom is 0.472 e. The molecule has 1 rings (SSSR count). The van der Waals surface area contributed by atoms with Gasteiger partial charge in [-0.2, -0.15) is 0 Å². The smallest absolute Gasteiger partial charge is 0.472 e. The Hall–Kier alpha value is -0.610. The van der Waals surface area contributed by atoms with Gasteiger partial charge < -0.3 is 24.3 Å². The molecule has 0 fully saturated rings. The number of hydrogen-bond acceptors (Lipinski definition) is 6. The first-order valence-electron chi connectivity index (χ1n) is 10.9. The zero-order chi connectivity index (χ0) is 25.9. The van der Waals surface area contributed by atoms with Crippen molar-refractivity contribution in [1.82, 2.24) is 0 Å². The molecule has 0 radical (unpaired) electrons. The largest absolute Gasteiger partial charge is 0.804 e. The van der Waals surface area contributed by atoms with Gasteiger partial charge in [-0.15, -0.1) is 0 Å². The normalized spacial score (nSPS) is 15.5. The summed E-state index contributed by atoms with van der Waals surface area (Å²) >= 11 is 17.9. The van der Waals surface area contributed by atoms with Crippen molar-refractivity contribution in [2.45, 2.75) is 57.3 Å². The first kappa shape index (κ1) is 31.4. The fourth-order valence-corrected chi connectivity index (χ4v) is 4.48. The van der Waals surface area contributed by atoms with Gasteiger partial charge in [-0.25, -0.2) is 4.57 Å². The average Bonchev–Trinajstić information content (AvgIpc) is 2.72. The minimum Gasteiger partial charge on any atom is -0.804 e. The summed E-state index contributed by atoms with van der Waals surface area (Å²) in [7, 11) is 0.0904. The van der Waals surface area contributed by atoms with Gasteiger partial charge >= 0.3 is 13.8 Å². The monoisotopic (exact) mass is 563 g/mol. The predicted octanol–water partition coefficient (Wildman–Crippen LogP) is 4.74. The summed E-state index contributed by atoms with van der Waals surface area (Å²) in [6.07, 6.45) is 1.08. The van der Waals surface area contributed by atoms with Crippen molar-refractivity contribution in [3.05, 3.63) is 27.2 Å². The number of phosphoric ester groups is 1. The molecule has 1 aromatic carbocycles. The number of rotatable bonds is 17. The van der Waals surface area contributed by atoms with E-state index < -0.39 is 32.5 Å². The molecule has 13 heteroatoms. The van der Waals surface area contributed by atoms with Crippen molar-refractivity contribution in [2.24, 2.45) is 0 Å². The van der Waals surface area contributed by atoms with Crippen LogP contribution >= 0.6 is 42.6 Å². The van der Waals surface area contributed by atoms with Crippen LogP contribution < -0.4 is 9.84 Å². The van der Waals surface area contributed by atoms with E-state index in [1.54, 1.807) is 33.3 Å². The van der Waals surface area contributed by atoms with E-state index in [0.717, 1.165) is 32.1 Å². The van der Waals surface area contributed by atoms with E-state index in [-0.39, 0.29) is 21.1 Å². The van der Waals surface area contributed by atoms with Crippen LogP contribution in [0.15, 0.2) is 12.1 Å². The Balaban J connectivity index is 2.23. The van der Waals surface area contributed by atoms with Crippen molar-refractivity contribution in [3.63, 3.8) is 0 Å². The lowest BCUT2D eigenvalue weighted by Crippen LogP contribution is -2.60. The molecule has 0 bridgehead atoms. The SMILES string of the molecule is C[N+](C)(C)C([O-])[C@@H](CC(=O)O)OP(=O)(O)OCCCCCCCCOc1ccc(Cl)c(Cl)c1Cl. The van der Waals surface area contributed by atoms with E-state index in [2.05, 4.69) is 0 Å². The molecule has 0 saturated heterocycles. The number of benzene rings is 1. The minimum atomic E-state index is -4.56. The maximum atomic E-state index is 12.4. The molecule has 0 aliphatic heterocycles. The van der Waals surface area contributed by atoms with Gasteiger partial charge in [0, 0.05) is 6.23 Å². The second-order valence-corrected chi connectivity index (χ2v) is 11.3. The number of phosphoric acid groups is 1. The summed E-state index contributed by atoms with van der Waals surface area (Å²) in [4.78, 5) is 20.9. The summed E-state index contributed by atoms with van der Waals surface area (Å²) < 4.78 is 27.4. The Morgan fingerprint density at radius 3 is 2.15 bits per heavy atom. The zero-order valence-electron chi connectivity index (χ0n) is 19.5. The summed E-state index contributed by atoms with van der Waals surface area (Å²) in [5, 5.41) is 22.3. The highest BCUT2D eigenvalue weighted by Crippen LogP contribution is 2.46. The lowest BCUT2D eigenvalue weighted by Gasteiger charge is -2.42. The number of halogens is 3. The van der Waals surface area contributed by atoms with Crippen molar-refractivity contribution < 1.29 is 42.7 Å². The molecule has 2 N–H and O–H groups in total. The van der Waals surface area contributed by atoms with Crippen LogP contribution in [0.2, 0.25) is 15.1 Å². The quantitative estimate of drug-likeness (QED) is 0.0914. The van der Waals surface area contributed by atoms with Crippen LogP contribution in [0.3, 0.4) is 0 Å². The number of carboxylic acid groups (broad SMARTS) is 1. The van der Waals surface area contributed by atoms with Gasteiger partial charge in [0.25, 0.3) is 0 Å². The number of unbranched alkanes of at least 4 members (excludes halogenated alkanes) is 5. The molecule has 196 valence electrons. The summed E-state index contributed by atoms with van der Waals surface area (Å²) in [5.41, 5.74) is 0. The first-order valence-corrected chi connectivity index (χ1v) is 13.5. The van der Waals surface area contributed by atoms with Gasteiger partial charge in [-0.1, -0.05) is 60.5 Å². The number of aliphatic carboxylic acids is 1. The van der Waals surface area contributed by atoms with Crippen molar-refractivity contribution in [1.29, 1.82) is 0 Å². The third-order valence-corrected chi connectivity index (χ3v) is 7.10. The maximum absolute atomic E-state index is 12.4. The number of ether oxygens (including phenoxy) is 1. The molecule has 34 heavy (non-hydrogen) atoms. The molecule has 0 aliphatic carbocycles. The van der Waals surface area contributed by atoms with Crippen LogP contribution in [0, 0.1) is 0 Å². The van der Waals surface area contributed by atoms with Crippen LogP contribution in [0.1, 0.15) is 44.9 Å². The number of hydrogen-bond donors (Lipinski definition) is 2. The van der Waals surface area contributed by atoms with E-state index in [1.807, 2.05) is 0 Å². The van der Waals surface area contributed by atoms with Gasteiger partial charge in [0.2, 0.25) is 0 Å². The van der Waals surface area contributed by atoms with Crippen LogP contribution in [0.25, 0.3) is 0 Å². The predicted molar refractivity (Wildman–Crippen MR) is 129 cm³/mol. The van der Waals surface area contributed by atoms with Gasteiger partial charge in [-0.3, -0.25) is 13.8 Å². The second kappa shape index (κ2) is 14.8. The third-order valence-electron chi connectivity index (χ3n) is 4.78. The fraction of sp³-hybridized carbons (Fsp3) is 0.667. The standard InChI is InChI=1S/C21H33Cl3NO8P/c1-25(2,3)21(28)17(14-18(26)27)33-34(29,30)32-13-9-7-5-4-6-8-12-31-16-11-10-15(22)19(23)20(16)24/h10-11,17,21H,4-9,12-14H2,1-3H3,(H,26,27)(H,29,30)/t17-,21?/m1/s1. The van der Waals surface area contributed by atoms with Gasteiger partial charge in [0.05, 0.1) is 50.8 Å². The average molecular weight is 565 g/mol. The van der Waals surface area contributed by atoms with Crippen LogP contribution in [-0.2, 0) is 18.4 Å². The van der Waals surface area contributed by atoms with E-state index >= 15 is 0 Å². The molecule has 0 amide bonds. The minimum absolute atomic E-state index is 0.0413. The molecule has 3 atom stereocenters. The van der Waals surface area contributed by atoms with Crippen LogP contribution in [0.5, 0.6) is 5.75 Å². The number of carboxylic acids is 1. The Kier molecular flexibility index (Phi) is 13.7. The molecule has 0 aliphatic rings. The van der Waals surface area contributed by atoms with Crippen LogP contribution in [0.4, 0.5) is 0 Å². The van der Waals surface area contributed by atoms with E-state index in [0.29, 0.717) is 23.8 Å². The Labute approximate surface area is 215 Å². The molecule has 2 unspecified atom stereocenters. The molecule has 0 heterocycles. The molecular formula is C21H33Cl3NO8P. The molecule has 1 aromatic rings.